The average Bonchev–Trinajstić information content (AvgIpc) is 3.06. The first-order valence-electron chi connectivity index (χ1n) is 7.58. The van der Waals surface area contributed by atoms with Crippen LogP contribution in [0.2, 0.25) is 0 Å². The Balaban J connectivity index is 1.36. The molecule has 1 N–H and O–H groups in total. The van der Waals surface area contributed by atoms with Crippen molar-refractivity contribution in [1.29, 1.82) is 0 Å². The van der Waals surface area contributed by atoms with Gasteiger partial charge in [0.25, 0.3) is 0 Å². The van der Waals surface area contributed by atoms with Gasteiger partial charge in [-0.25, -0.2) is 0 Å². The summed E-state index contributed by atoms with van der Waals surface area (Å²) in [6.45, 7) is 1.52. The molecule has 0 spiro atoms. The lowest BCUT2D eigenvalue weighted by Gasteiger charge is -2.26. The zero-order valence-corrected chi connectivity index (χ0v) is 11.6. The predicted molar refractivity (Wildman–Crippen MR) is 75.8 cm³/mol. The van der Waals surface area contributed by atoms with Crippen molar-refractivity contribution in [2.24, 2.45) is 5.41 Å². The van der Waals surface area contributed by atoms with Crippen LogP contribution in [0.15, 0.2) is 30.3 Å². The van der Waals surface area contributed by atoms with Crippen molar-refractivity contribution in [2.45, 2.75) is 57.2 Å². The fourth-order valence-electron chi connectivity index (χ4n) is 3.79. The number of ether oxygens (including phenoxy) is 1. The standard InChI is InChI=1S/C17H24O2/c18-17-11-5-4-9-16(17,14-17)10-6-12-19-13-15-7-2-1-3-8-15/h1-3,7-8,18H,4-6,9-14H2/t16-,17+/m1/s1. The first-order chi connectivity index (χ1) is 9.24. The van der Waals surface area contributed by atoms with E-state index in [1.807, 2.05) is 18.2 Å². The molecular formula is C17H24O2. The van der Waals surface area contributed by atoms with Crippen LogP contribution < -0.4 is 0 Å². The molecule has 0 bridgehead atoms. The summed E-state index contributed by atoms with van der Waals surface area (Å²) in [6, 6.07) is 10.3. The maximum absolute atomic E-state index is 10.4. The molecule has 2 heteroatoms. The summed E-state index contributed by atoms with van der Waals surface area (Å²) < 4.78 is 5.73. The Kier molecular flexibility index (Phi) is 3.64. The molecule has 2 saturated carbocycles. The third kappa shape index (κ3) is 2.70. The molecule has 0 radical (unpaired) electrons. The molecule has 1 aromatic rings. The number of fused-ring (bicyclic) bond motifs is 1. The van der Waals surface area contributed by atoms with Gasteiger partial charge in [0, 0.05) is 12.0 Å². The highest BCUT2D eigenvalue weighted by Gasteiger charge is 2.66. The van der Waals surface area contributed by atoms with Crippen LogP contribution in [0.5, 0.6) is 0 Å². The van der Waals surface area contributed by atoms with Gasteiger partial charge in [-0.05, 0) is 37.7 Å². The smallest absolute Gasteiger partial charge is 0.0716 e. The molecule has 0 amide bonds. The Bertz CT molecular complexity index is 413. The highest BCUT2D eigenvalue weighted by Crippen LogP contribution is 2.66. The van der Waals surface area contributed by atoms with Gasteiger partial charge >= 0.3 is 0 Å². The van der Waals surface area contributed by atoms with Crippen molar-refractivity contribution in [3.8, 4) is 0 Å². The first-order valence-corrected chi connectivity index (χ1v) is 7.58. The maximum Gasteiger partial charge on any atom is 0.0716 e. The number of benzene rings is 1. The van der Waals surface area contributed by atoms with Crippen molar-refractivity contribution in [2.75, 3.05) is 6.61 Å². The summed E-state index contributed by atoms with van der Waals surface area (Å²) >= 11 is 0. The number of rotatable bonds is 6. The lowest BCUT2D eigenvalue weighted by Crippen LogP contribution is -2.24. The molecule has 0 unspecified atom stereocenters. The van der Waals surface area contributed by atoms with Gasteiger partial charge in [-0.15, -0.1) is 0 Å². The normalized spacial score (nSPS) is 32.9. The molecule has 0 heterocycles. The van der Waals surface area contributed by atoms with Crippen LogP contribution >= 0.6 is 0 Å². The lowest BCUT2D eigenvalue weighted by molar-refractivity contribution is 0.0499. The third-order valence-corrected chi connectivity index (χ3v) is 5.04. The van der Waals surface area contributed by atoms with Crippen molar-refractivity contribution in [3.05, 3.63) is 35.9 Å². The van der Waals surface area contributed by atoms with Crippen LogP contribution in [-0.4, -0.2) is 17.3 Å². The zero-order chi connectivity index (χ0) is 13.2. The van der Waals surface area contributed by atoms with E-state index in [1.54, 1.807) is 0 Å². The Hall–Kier alpha value is -0.860. The van der Waals surface area contributed by atoms with Gasteiger partial charge in [0.05, 0.1) is 12.2 Å². The summed E-state index contributed by atoms with van der Waals surface area (Å²) in [5.41, 5.74) is 1.20. The summed E-state index contributed by atoms with van der Waals surface area (Å²) in [6.07, 6.45) is 8.02. The second-order valence-corrected chi connectivity index (χ2v) is 6.34. The van der Waals surface area contributed by atoms with Crippen LogP contribution in [-0.2, 0) is 11.3 Å². The fourth-order valence-corrected chi connectivity index (χ4v) is 3.79. The van der Waals surface area contributed by atoms with Gasteiger partial charge in [0.2, 0.25) is 0 Å². The Morgan fingerprint density at radius 2 is 1.89 bits per heavy atom. The molecule has 0 saturated heterocycles. The number of aliphatic hydroxyl groups is 1. The summed E-state index contributed by atoms with van der Waals surface area (Å²) in [5, 5.41) is 10.4. The molecule has 0 aliphatic heterocycles. The minimum Gasteiger partial charge on any atom is -0.389 e. The molecule has 19 heavy (non-hydrogen) atoms. The molecule has 104 valence electrons. The summed E-state index contributed by atoms with van der Waals surface area (Å²) in [5.74, 6) is 0. The summed E-state index contributed by atoms with van der Waals surface area (Å²) in [4.78, 5) is 0. The molecule has 2 aliphatic carbocycles. The van der Waals surface area contributed by atoms with Gasteiger partial charge in [-0.1, -0.05) is 43.2 Å². The lowest BCUT2D eigenvalue weighted by atomic mass is 9.83. The third-order valence-electron chi connectivity index (χ3n) is 5.04. The minimum atomic E-state index is -0.301. The van der Waals surface area contributed by atoms with Crippen molar-refractivity contribution < 1.29 is 9.84 Å². The number of hydrogen-bond acceptors (Lipinski definition) is 2. The van der Waals surface area contributed by atoms with Gasteiger partial charge in [0.15, 0.2) is 0 Å². The minimum absolute atomic E-state index is 0.265. The largest absolute Gasteiger partial charge is 0.389 e. The fraction of sp³-hybridized carbons (Fsp3) is 0.647. The second-order valence-electron chi connectivity index (χ2n) is 6.34. The van der Waals surface area contributed by atoms with Crippen molar-refractivity contribution in [3.63, 3.8) is 0 Å². The topological polar surface area (TPSA) is 29.5 Å². The van der Waals surface area contributed by atoms with E-state index in [9.17, 15) is 5.11 Å². The Morgan fingerprint density at radius 1 is 1.11 bits per heavy atom. The van der Waals surface area contributed by atoms with Crippen LogP contribution in [0.1, 0.15) is 50.5 Å². The molecule has 1 aromatic carbocycles. The van der Waals surface area contributed by atoms with Gasteiger partial charge in [0.1, 0.15) is 0 Å². The molecule has 2 aliphatic rings. The van der Waals surface area contributed by atoms with Crippen molar-refractivity contribution >= 4 is 0 Å². The molecule has 2 fully saturated rings. The quantitative estimate of drug-likeness (QED) is 0.791. The highest BCUT2D eigenvalue weighted by atomic mass is 16.5. The van der Waals surface area contributed by atoms with E-state index in [0.717, 1.165) is 32.3 Å². The van der Waals surface area contributed by atoms with E-state index in [4.69, 9.17) is 4.74 Å². The van der Waals surface area contributed by atoms with E-state index in [-0.39, 0.29) is 11.0 Å². The molecule has 2 atom stereocenters. The average molecular weight is 260 g/mol. The molecule has 3 rings (SSSR count). The monoisotopic (exact) mass is 260 g/mol. The number of hydrogen-bond donors (Lipinski definition) is 1. The Labute approximate surface area is 115 Å². The molecule has 2 nitrogen and oxygen atoms in total. The highest BCUT2D eigenvalue weighted by molar-refractivity contribution is 5.17. The molecule has 0 aromatic heterocycles. The van der Waals surface area contributed by atoms with E-state index < -0.39 is 0 Å². The second kappa shape index (κ2) is 5.26. The zero-order valence-electron chi connectivity index (χ0n) is 11.6. The van der Waals surface area contributed by atoms with Crippen LogP contribution in [0.4, 0.5) is 0 Å². The predicted octanol–water partition coefficient (Wildman–Crippen LogP) is 3.68. The van der Waals surface area contributed by atoms with Gasteiger partial charge in [-0.3, -0.25) is 0 Å². The van der Waals surface area contributed by atoms with Crippen molar-refractivity contribution in [1.82, 2.24) is 0 Å². The van der Waals surface area contributed by atoms with E-state index in [1.165, 1.54) is 24.8 Å². The first kappa shape index (κ1) is 13.1. The maximum atomic E-state index is 10.4. The SMILES string of the molecule is O[C@]12CCCC[C@@]1(CCCOCc1ccccc1)C2. The van der Waals surface area contributed by atoms with E-state index in [2.05, 4.69) is 12.1 Å². The van der Waals surface area contributed by atoms with Gasteiger partial charge < -0.3 is 9.84 Å². The molecular weight excluding hydrogens is 236 g/mol. The van der Waals surface area contributed by atoms with Crippen LogP contribution in [0.25, 0.3) is 0 Å². The van der Waals surface area contributed by atoms with Crippen LogP contribution in [0.3, 0.4) is 0 Å². The van der Waals surface area contributed by atoms with E-state index >= 15 is 0 Å². The summed E-state index contributed by atoms with van der Waals surface area (Å²) in [7, 11) is 0. The Morgan fingerprint density at radius 3 is 2.68 bits per heavy atom. The van der Waals surface area contributed by atoms with E-state index in [0.29, 0.717) is 6.61 Å². The van der Waals surface area contributed by atoms with Gasteiger partial charge in [-0.2, -0.15) is 0 Å². The van der Waals surface area contributed by atoms with Crippen LogP contribution in [0, 0.1) is 5.41 Å².